The van der Waals surface area contributed by atoms with Crippen molar-refractivity contribution in [2.24, 2.45) is 0 Å². The Kier molecular flexibility index (Phi) is 6.22. The van der Waals surface area contributed by atoms with Crippen molar-refractivity contribution in [1.29, 1.82) is 0 Å². The topological polar surface area (TPSA) is 66.9 Å². The van der Waals surface area contributed by atoms with Gasteiger partial charge in [-0.25, -0.2) is 0 Å². The predicted octanol–water partition coefficient (Wildman–Crippen LogP) is 3.79. The average Bonchev–Trinajstić information content (AvgIpc) is 3.26. The van der Waals surface area contributed by atoms with Gasteiger partial charge in [0.15, 0.2) is 4.34 Å². The Bertz CT molecular complexity index is 759. The number of amides is 1. The fraction of sp³-hybridized carbons (Fsp3) is 0.188. The second-order valence-corrected chi connectivity index (χ2v) is 8.06. The van der Waals surface area contributed by atoms with Gasteiger partial charge in [-0.2, -0.15) is 0 Å². The van der Waals surface area contributed by atoms with Gasteiger partial charge in [-0.3, -0.25) is 4.79 Å². The van der Waals surface area contributed by atoms with Crippen LogP contribution in [0.4, 0.5) is 10.8 Å². The number of benzene rings is 1. The first-order valence-corrected chi connectivity index (χ1v) is 10.1. The van der Waals surface area contributed by atoms with Crippen LogP contribution >= 0.6 is 34.4 Å². The van der Waals surface area contributed by atoms with Gasteiger partial charge in [-0.15, -0.1) is 21.5 Å². The third-order valence-electron chi connectivity index (χ3n) is 3.03. The fourth-order valence-corrected chi connectivity index (χ4v) is 4.23. The molecule has 0 spiro atoms. The molecule has 0 bridgehead atoms. The van der Waals surface area contributed by atoms with Gasteiger partial charge >= 0.3 is 0 Å². The summed E-state index contributed by atoms with van der Waals surface area (Å²) in [6.45, 7) is 0.664. The first kappa shape index (κ1) is 16.9. The molecule has 0 saturated heterocycles. The summed E-state index contributed by atoms with van der Waals surface area (Å²) in [5, 5.41) is 17.1. The first-order chi connectivity index (χ1) is 11.8. The van der Waals surface area contributed by atoms with Crippen LogP contribution in [0.15, 0.2) is 52.2 Å². The van der Waals surface area contributed by atoms with Gasteiger partial charge in [0.25, 0.3) is 0 Å². The van der Waals surface area contributed by atoms with Crippen molar-refractivity contribution in [3.63, 3.8) is 0 Å². The zero-order valence-electron chi connectivity index (χ0n) is 12.8. The maximum atomic E-state index is 11.9. The standard InChI is InChI=1S/C16H16N4OS3/c21-14(17-9-8-13-7-4-10-22-13)11-23-16-20-19-15(24-16)18-12-5-2-1-3-6-12/h1-7,10H,8-9,11H2,(H,17,21)(H,18,19). The molecule has 0 unspecified atom stereocenters. The van der Waals surface area contributed by atoms with Gasteiger partial charge in [0.1, 0.15) is 0 Å². The molecule has 0 saturated carbocycles. The van der Waals surface area contributed by atoms with Gasteiger partial charge in [0.05, 0.1) is 5.75 Å². The summed E-state index contributed by atoms with van der Waals surface area (Å²) in [6.07, 6.45) is 0.873. The maximum absolute atomic E-state index is 11.9. The zero-order valence-corrected chi connectivity index (χ0v) is 15.2. The number of thioether (sulfide) groups is 1. The van der Waals surface area contributed by atoms with Crippen molar-refractivity contribution in [1.82, 2.24) is 15.5 Å². The van der Waals surface area contributed by atoms with E-state index in [0.29, 0.717) is 12.3 Å². The van der Waals surface area contributed by atoms with E-state index in [1.54, 1.807) is 11.3 Å². The van der Waals surface area contributed by atoms with Gasteiger partial charge in [-0.1, -0.05) is 47.4 Å². The molecule has 24 heavy (non-hydrogen) atoms. The van der Waals surface area contributed by atoms with Crippen LogP contribution in [0.2, 0.25) is 0 Å². The summed E-state index contributed by atoms with van der Waals surface area (Å²) >= 11 is 4.55. The third kappa shape index (κ3) is 5.33. The number of hydrogen-bond acceptors (Lipinski definition) is 7. The van der Waals surface area contributed by atoms with Crippen molar-refractivity contribution in [3.8, 4) is 0 Å². The molecule has 3 rings (SSSR count). The zero-order chi connectivity index (χ0) is 16.6. The predicted molar refractivity (Wildman–Crippen MR) is 101 cm³/mol. The number of aromatic nitrogens is 2. The van der Waals surface area contributed by atoms with Crippen LogP contribution in [0, 0.1) is 0 Å². The number of para-hydroxylation sites is 1. The van der Waals surface area contributed by atoms with Crippen molar-refractivity contribution in [2.75, 3.05) is 17.6 Å². The van der Waals surface area contributed by atoms with Crippen LogP contribution in [-0.2, 0) is 11.2 Å². The molecule has 124 valence electrons. The largest absolute Gasteiger partial charge is 0.355 e. The van der Waals surface area contributed by atoms with E-state index in [-0.39, 0.29) is 5.91 Å². The Labute approximate surface area is 152 Å². The fourth-order valence-electron chi connectivity index (χ4n) is 1.92. The first-order valence-electron chi connectivity index (χ1n) is 7.37. The van der Waals surface area contributed by atoms with Gasteiger partial charge in [0.2, 0.25) is 11.0 Å². The summed E-state index contributed by atoms with van der Waals surface area (Å²) in [5.41, 5.74) is 0.969. The number of hydrogen-bond donors (Lipinski definition) is 2. The monoisotopic (exact) mass is 376 g/mol. The smallest absolute Gasteiger partial charge is 0.230 e. The van der Waals surface area contributed by atoms with Crippen molar-refractivity contribution < 1.29 is 4.79 Å². The minimum Gasteiger partial charge on any atom is -0.355 e. The molecule has 5 nitrogen and oxygen atoms in total. The molecule has 2 N–H and O–H groups in total. The highest BCUT2D eigenvalue weighted by atomic mass is 32.2. The lowest BCUT2D eigenvalue weighted by Gasteiger charge is -2.02. The molecule has 2 aromatic heterocycles. The second-order valence-electron chi connectivity index (χ2n) is 4.83. The van der Waals surface area contributed by atoms with Gasteiger partial charge in [-0.05, 0) is 30.0 Å². The van der Waals surface area contributed by atoms with E-state index in [1.807, 2.05) is 41.8 Å². The van der Waals surface area contributed by atoms with E-state index in [4.69, 9.17) is 0 Å². The Morgan fingerprint density at radius 3 is 2.79 bits per heavy atom. The van der Waals surface area contributed by atoms with E-state index < -0.39 is 0 Å². The van der Waals surface area contributed by atoms with Crippen molar-refractivity contribution >= 4 is 51.2 Å². The quantitative estimate of drug-likeness (QED) is 0.586. The molecule has 0 radical (unpaired) electrons. The van der Waals surface area contributed by atoms with E-state index >= 15 is 0 Å². The van der Waals surface area contributed by atoms with Crippen LogP contribution < -0.4 is 10.6 Å². The highest BCUT2D eigenvalue weighted by molar-refractivity contribution is 8.01. The summed E-state index contributed by atoms with van der Waals surface area (Å²) in [5.74, 6) is 0.369. The molecule has 2 heterocycles. The molecule has 0 aliphatic carbocycles. The summed E-state index contributed by atoms with van der Waals surface area (Å²) < 4.78 is 0.779. The summed E-state index contributed by atoms with van der Waals surface area (Å²) in [4.78, 5) is 13.1. The summed E-state index contributed by atoms with van der Waals surface area (Å²) in [6, 6.07) is 13.9. The summed E-state index contributed by atoms with van der Waals surface area (Å²) in [7, 11) is 0. The number of carbonyl (C=O) groups is 1. The Hall–Kier alpha value is -1.90. The number of thiophene rings is 1. The SMILES string of the molecule is O=C(CSc1nnc(Nc2ccccc2)s1)NCCc1cccs1. The lowest BCUT2D eigenvalue weighted by atomic mass is 10.3. The molecule has 3 aromatic rings. The maximum Gasteiger partial charge on any atom is 0.230 e. The third-order valence-corrected chi connectivity index (χ3v) is 5.94. The minimum atomic E-state index is 0.0179. The molecular weight excluding hydrogens is 360 g/mol. The number of nitrogens with zero attached hydrogens (tertiary/aromatic N) is 2. The number of rotatable bonds is 8. The Morgan fingerprint density at radius 1 is 1.12 bits per heavy atom. The second kappa shape index (κ2) is 8.81. The van der Waals surface area contributed by atoms with Crippen molar-refractivity contribution in [2.45, 2.75) is 10.8 Å². The minimum absolute atomic E-state index is 0.0179. The molecule has 8 heteroatoms. The lowest BCUT2D eigenvalue weighted by Crippen LogP contribution is -2.27. The van der Waals surface area contributed by atoms with Crippen LogP contribution in [-0.4, -0.2) is 28.4 Å². The molecule has 0 aliphatic rings. The highest BCUT2D eigenvalue weighted by Crippen LogP contribution is 2.27. The molecule has 0 atom stereocenters. The van der Waals surface area contributed by atoms with E-state index in [1.165, 1.54) is 28.0 Å². The highest BCUT2D eigenvalue weighted by Gasteiger charge is 2.08. The van der Waals surface area contributed by atoms with Crippen LogP contribution in [0.5, 0.6) is 0 Å². The van der Waals surface area contributed by atoms with Crippen LogP contribution in [0.1, 0.15) is 4.88 Å². The average molecular weight is 377 g/mol. The van der Waals surface area contributed by atoms with E-state index in [2.05, 4.69) is 26.9 Å². The van der Waals surface area contributed by atoms with Crippen LogP contribution in [0.3, 0.4) is 0 Å². The molecule has 0 fully saturated rings. The number of anilines is 2. The molecule has 1 amide bonds. The normalized spacial score (nSPS) is 10.5. The number of nitrogens with one attached hydrogen (secondary N) is 2. The molecular formula is C16H16N4OS3. The van der Waals surface area contributed by atoms with E-state index in [0.717, 1.165) is 21.6 Å². The van der Waals surface area contributed by atoms with Crippen molar-refractivity contribution in [3.05, 3.63) is 52.7 Å². The Balaban J connectivity index is 1.39. The van der Waals surface area contributed by atoms with Gasteiger partial charge < -0.3 is 10.6 Å². The Morgan fingerprint density at radius 2 is 2.00 bits per heavy atom. The van der Waals surface area contributed by atoms with Crippen LogP contribution in [0.25, 0.3) is 0 Å². The molecule has 1 aromatic carbocycles. The van der Waals surface area contributed by atoms with E-state index in [9.17, 15) is 4.79 Å². The lowest BCUT2D eigenvalue weighted by molar-refractivity contribution is -0.118. The van der Waals surface area contributed by atoms with Gasteiger partial charge in [0, 0.05) is 17.1 Å². The molecule has 0 aliphatic heterocycles. The number of carbonyl (C=O) groups excluding carboxylic acids is 1.